The van der Waals surface area contributed by atoms with Crippen LogP contribution < -0.4 is 14.8 Å². The van der Waals surface area contributed by atoms with E-state index in [-0.39, 0.29) is 16.5 Å². The van der Waals surface area contributed by atoms with Crippen LogP contribution in [0.2, 0.25) is 0 Å². The summed E-state index contributed by atoms with van der Waals surface area (Å²) in [6.07, 6.45) is 0. The van der Waals surface area contributed by atoms with E-state index in [0.717, 1.165) is 14.2 Å². The lowest BCUT2D eigenvalue weighted by molar-refractivity contribution is 0.102. The monoisotopic (exact) mass is 494 g/mol. The number of halogens is 1. The van der Waals surface area contributed by atoms with Gasteiger partial charge in [0, 0.05) is 19.9 Å². The van der Waals surface area contributed by atoms with Crippen molar-refractivity contribution in [2.24, 2.45) is 0 Å². The molecule has 0 saturated heterocycles. The van der Waals surface area contributed by atoms with Gasteiger partial charge in [-0.3, -0.25) is 9.52 Å². The number of aryl methyl sites for hydroxylation is 2. The number of anilines is 2. The zero-order valence-corrected chi connectivity index (χ0v) is 19.2. The Hall–Kier alpha value is -2.36. The molecule has 29 heavy (non-hydrogen) atoms. The largest absolute Gasteiger partial charge is 0.495 e. The quantitative estimate of drug-likeness (QED) is 0.493. The molecule has 1 aromatic heterocycles. The molecule has 0 spiro atoms. The van der Waals surface area contributed by atoms with Crippen LogP contribution in [0.5, 0.6) is 5.75 Å². The van der Waals surface area contributed by atoms with Gasteiger partial charge in [0.2, 0.25) is 0 Å². The number of thiophene rings is 1. The van der Waals surface area contributed by atoms with E-state index in [0.29, 0.717) is 17.0 Å². The van der Waals surface area contributed by atoms with Crippen molar-refractivity contribution in [1.29, 1.82) is 0 Å². The molecule has 0 aliphatic rings. The number of ether oxygens (including phenoxy) is 1. The van der Waals surface area contributed by atoms with Crippen LogP contribution in [0.3, 0.4) is 0 Å². The Balaban J connectivity index is 1.90. The predicted molar refractivity (Wildman–Crippen MR) is 120 cm³/mol. The maximum atomic E-state index is 12.8. The zero-order chi connectivity index (χ0) is 21.2. The maximum absolute atomic E-state index is 12.8. The SMILES string of the molecule is COc1ccc(S(=O)(=O)Nc2ccc(Br)cc2)cc1NC(=O)c1cc(C)sc1C. The number of sulfonamides is 1. The molecule has 0 atom stereocenters. The van der Waals surface area contributed by atoms with Gasteiger partial charge in [-0.15, -0.1) is 11.3 Å². The number of hydrogen-bond acceptors (Lipinski definition) is 5. The van der Waals surface area contributed by atoms with Crippen molar-refractivity contribution in [3.05, 3.63) is 68.3 Å². The second-order valence-electron chi connectivity index (χ2n) is 6.26. The Morgan fingerprint density at radius 3 is 2.34 bits per heavy atom. The highest BCUT2D eigenvalue weighted by molar-refractivity contribution is 9.10. The lowest BCUT2D eigenvalue weighted by Gasteiger charge is -2.13. The van der Waals surface area contributed by atoms with Crippen LogP contribution in [0, 0.1) is 13.8 Å². The highest BCUT2D eigenvalue weighted by Crippen LogP contribution is 2.30. The fraction of sp³-hybridized carbons (Fsp3) is 0.150. The molecule has 2 aromatic carbocycles. The normalized spacial score (nSPS) is 11.2. The van der Waals surface area contributed by atoms with E-state index in [1.165, 1.54) is 36.6 Å². The standard InChI is InChI=1S/C20H19BrN2O4S2/c1-12-10-17(13(2)28-12)20(24)22-18-11-16(8-9-19(18)27-3)29(25,26)23-15-6-4-14(21)5-7-15/h4-11,23H,1-3H3,(H,22,24). The van der Waals surface area contributed by atoms with Gasteiger partial charge in [0.15, 0.2) is 0 Å². The first-order chi connectivity index (χ1) is 13.7. The topological polar surface area (TPSA) is 84.5 Å². The molecule has 0 aliphatic carbocycles. The minimum atomic E-state index is -3.85. The molecule has 3 rings (SSSR count). The first-order valence-corrected chi connectivity index (χ1v) is 11.6. The first kappa shape index (κ1) is 21.4. The summed E-state index contributed by atoms with van der Waals surface area (Å²) >= 11 is 4.84. The van der Waals surface area contributed by atoms with Crippen LogP contribution in [0.4, 0.5) is 11.4 Å². The molecule has 0 bridgehead atoms. The third-order valence-electron chi connectivity index (χ3n) is 4.11. The van der Waals surface area contributed by atoms with Gasteiger partial charge < -0.3 is 10.1 Å². The van der Waals surface area contributed by atoms with Gasteiger partial charge in [-0.05, 0) is 62.4 Å². The van der Waals surface area contributed by atoms with E-state index in [1.807, 2.05) is 13.8 Å². The Kier molecular flexibility index (Phi) is 6.30. The fourth-order valence-corrected chi connectivity index (χ4v) is 5.00. The number of benzene rings is 2. The Bertz CT molecular complexity index is 1160. The number of amides is 1. The van der Waals surface area contributed by atoms with Crippen LogP contribution in [0.1, 0.15) is 20.1 Å². The summed E-state index contributed by atoms with van der Waals surface area (Å²) in [5, 5.41) is 2.76. The molecule has 1 amide bonds. The molecule has 0 fully saturated rings. The summed E-state index contributed by atoms with van der Waals surface area (Å²) in [6, 6.07) is 12.9. The van der Waals surface area contributed by atoms with Gasteiger partial charge in [0.05, 0.1) is 23.3 Å². The summed E-state index contributed by atoms with van der Waals surface area (Å²) in [6.45, 7) is 3.79. The number of nitrogens with one attached hydrogen (secondary N) is 2. The van der Waals surface area contributed by atoms with E-state index in [4.69, 9.17) is 4.74 Å². The van der Waals surface area contributed by atoms with Crippen molar-refractivity contribution in [1.82, 2.24) is 0 Å². The minimum Gasteiger partial charge on any atom is -0.495 e. The van der Waals surface area contributed by atoms with Crippen molar-refractivity contribution in [2.75, 3.05) is 17.1 Å². The molecule has 1 heterocycles. The van der Waals surface area contributed by atoms with Crippen LogP contribution in [0.25, 0.3) is 0 Å². The molecule has 0 unspecified atom stereocenters. The highest BCUT2D eigenvalue weighted by atomic mass is 79.9. The van der Waals surface area contributed by atoms with E-state index in [9.17, 15) is 13.2 Å². The highest BCUT2D eigenvalue weighted by Gasteiger charge is 2.19. The summed E-state index contributed by atoms with van der Waals surface area (Å²) in [7, 11) is -2.39. The third-order valence-corrected chi connectivity index (χ3v) is 6.99. The Morgan fingerprint density at radius 1 is 1.07 bits per heavy atom. The summed E-state index contributed by atoms with van der Waals surface area (Å²) in [5.41, 5.74) is 1.26. The number of hydrogen-bond donors (Lipinski definition) is 2. The lowest BCUT2D eigenvalue weighted by Crippen LogP contribution is -2.16. The van der Waals surface area contributed by atoms with Gasteiger partial charge in [0.25, 0.3) is 15.9 Å². The summed E-state index contributed by atoms with van der Waals surface area (Å²) in [4.78, 5) is 14.6. The molecule has 6 nitrogen and oxygen atoms in total. The van der Waals surface area contributed by atoms with E-state index >= 15 is 0 Å². The Labute approximate surface area is 182 Å². The average molecular weight is 495 g/mol. The smallest absolute Gasteiger partial charge is 0.261 e. The maximum Gasteiger partial charge on any atom is 0.261 e. The lowest BCUT2D eigenvalue weighted by atomic mass is 10.2. The molecule has 0 radical (unpaired) electrons. The van der Waals surface area contributed by atoms with Gasteiger partial charge in [-0.2, -0.15) is 0 Å². The second-order valence-corrected chi connectivity index (χ2v) is 10.3. The van der Waals surface area contributed by atoms with Gasteiger partial charge in [-0.25, -0.2) is 8.42 Å². The average Bonchev–Trinajstić information content (AvgIpc) is 3.01. The number of rotatable bonds is 6. The van der Waals surface area contributed by atoms with Crippen molar-refractivity contribution in [3.8, 4) is 5.75 Å². The minimum absolute atomic E-state index is 0.00902. The van der Waals surface area contributed by atoms with Crippen molar-refractivity contribution < 1.29 is 17.9 Å². The molecule has 0 saturated carbocycles. The molecule has 152 valence electrons. The molecular weight excluding hydrogens is 476 g/mol. The van der Waals surface area contributed by atoms with Crippen LogP contribution in [0.15, 0.2) is 57.9 Å². The second kappa shape index (κ2) is 8.56. The summed E-state index contributed by atoms with van der Waals surface area (Å²) < 4.78 is 34.2. The Morgan fingerprint density at radius 2 is 1.76 bits per heavy atom. The van der Waals surface area contributed by atoms with Crippen LogP contribution in [-0.4, -0.2) is 21.4 Å². The first-order valence-electron chi connectivity index (χ1n) is 8.54. The number of methoxy groups -OCH3 is 1. The van der Waals surface area contributed by atoms with Gasteiger partial charge in [-0.1, -0.05) is 15.9 Å². The van der Waals surface area contributed by atoms with E-state index in [2.05, 4.69) is 26.0 Å². The number of carbonyl (C=O) groups is 1. The van der Waals surface area contributed by atoms with Gasteiger partial charge >= 0.3 is 0 Å². The van der Waals surface area contributed by atoms with Crippen LogP contribution in [-0.2, 0) is 10.0 Å². The predicted octanol–water partition coefficient (Wildman–Crippen LogP) is 5.19. The van der Waals surface area contributed by atoms with Gasteiger partial charge in [0.1, 0.15) is 5.75 Å². The summed E-state index contributed by atoms with van der Waals surface area (Å²) in [5.74, 6) is 0.0473. The van der Waals surface area contributed by atoms with E-state index in [1.54, 1.807) is 30.3 Å². The van der Waals surface area contributed by atoms with Crippen molar-refractivity contribution in [3.63, 3.8) is 0 Å². The zero-order valence-electron chi connectivity index (χ0n) is 15.9. The molecule has 3 aromatic rings. The molecule has 0 aliphatic heterocycles. The fourth-order valence-electron chi connectivity index (χ4n) is 2.73. The number of carbonyl (C=O) groups excluding carboxylic acids is 1. The third kappa shape index (κ3) is 4.98. The molecule has 9 heteroatoms. The van der Waals surface area contributed by atoms with E-state index < -0.39 is 10.0 Å². The van der Waals surface area contributed by atoms with Crippen LogP contribution >= 0.6 is 27.3 Å². The molecular formula is C20H19BrN2O4S2. The van der Waals surface area contributed by atoms with Crippen molar-refractivity contribution in [2.45, 2.75) is 18.7 Å². The molecule has 2 N–H and O–H groups in total. The van der Waals surface area contributed by atoms with Crippen molar-refractivity contribution >= 4 is 54.6 Å².